The number of alkyl halides is 3. The average Bonchev–Trinajstić information content (AvgIpc) is 2.17. The molecule has 0 radical (unpaired) electrons. The molecule has 2 nitrogen and oxygen atoms in total. The first-order valence-corrected chi connectivity index (χ1v) is 5.40. The second kappa shape index (κ2) is 4.85. The molecule has 0 bridgehead atoms. The van der Waals surface area contributed by atoms with Gasteiger partial charge in [0.15, 0.2) is 0 Å². The van der Waals surface area contributed by atoms with Crippen molar-refractivity contribution < 1.29 is 13.2 Å². The molecule has 0 aliphatic carbocycles. The van der Waals surface area contributed by atoms with E-state index in [1.807, 2.05) is 6.92 Å². The van der Waals surface area contributed by atoms with Gasteiger partial charge in [-0.3, -0.25) is 0 Å². The highest BCUT2D eigenvalue weighted by atomic mass is 19.4. The molecule has 0 aliphatic rings. The van der Waals surface area contributed by atoms with E-state index < -0.39 is 12.7 Å². The number of rotatable bonds is 3. The van der Waals surface area contributed by atoms with Crippen LogP contribution in [0.3, 0.4) is 0 Å². The van der Waals surface area contributed by atoms with Crippen molar-refractivity contribution in [3.05, 3.63) is 23.8 Å². The predicted octanol–water partition coefficient (Wildman–Crippen LogP) is 3.35. The number of nitrogens with zero attached hydrogens (tertiary/aromatic N) is 1. The lowest BCUT2D eigenvalue weighted by atomic mass is 10.1. The van der Waals surface area contributed by atoms with Gasteiger partial charge in [-0.15, -0.1) is 0 Å². The Kier molecular flexibility index (Phi) is 3.91. The van der Waals surface area contributed by atoms with E-state index in [1.54, 1.807) is 32.0 Å². The standard InChI is InChI=1S/C12H17F3N2/c1-8(2)17(7-12(13,14)15)11-6-9(3)4-5-10(11)16/h4-6,8H,7,16H2,1-3H3. The first-order valence-electron chi connectivity index (χ1n) is 5.40. The molecule has 0 spiro atoms. The summed E-state index contributed by atoms with van der Waals surface area (Å²) >= 11 is 0. The van der Waals surface area contributed by atoms with Gasteiger partial charge in [-0.1, -0.05) is 6.07 Å². The highest BCUT2D eigenvalue weighted by Gasteiger charge is 2.32. The molecular weight excluding hydrogens is 229 g/mol. The van der Waals surface area contributed by atoms with Crippen LogP contribution in [0.25, 0.3) is 0 Å². The smallest absolute Gasteiger partial charge is 0.397 e. The van der Waals surface area contributed by atoms with Crippen LogP contribution in [0.2, 0.25) is 0 Å². The van der Waals surface area contributed by atoms with Crippen LogP contribution in [-0.2, 0) is 0 Å². The third-order valence-corrected chi connectivity index (χ3v) is 2.47. The van der Waals surface area contributed by atoms with E-state index in [0.29, 0.717) is 11.4 Å². The second-order valence-electron chi connectivity index (χ2n) is 4.40. The summed E-state index contributed by atoms with van der Waals surface area (Å²) in [5, 5.41) is 0. The Morgan fingerprint density at radius 3 is 2.35 bits per heavy atom. The van der Waals surface area contributed by atoms with Crippen molar-refractivity contribution >= 4 is 11.4 Å². The Morgan fingerprint density at radius 2 is 1.88 bits per heavy atom. The molecule has 0 aromatic heterocycles. The number of halogens is 3. The number of nitrogen functional groups attached to an aromatic ring is 1. The SMILES string of the molecule is Cc1ccc(N)c(N(CC(F)(F)F)C(C)C)c1. The van der Waals surface area contributed by atoms with Gasteiger partial charge in [0.05, 0.1) is 11.4 Å². The Hall–Kier alpha value is -1.39. The number of aryl methyl sites for hydroxylation is 1. The maximum absolute atomic E-state index is 12.5. The molecule has 17 heavy (non-hydrogen) atoms. The summed E-state index contributed by atoms with van der Waals surface area (Å²) in [5.41, 5.74) is 7.44. The number of nitrogens with two attached hydrogens (primary N) is 1. The van der Waals surface area contributed by atoms with Gasteiger partial charge in [0.2, 0.25) is 0 Å². The van der Waals surface area contributed by atoms with Crippen LogP contribution in [-0.4, -0.2) is 18.8 Å². The van der Waals surface area contributed by atoms with Crippen LogP contribution in [0.4, 0.5) is 24.5 Å². The summed E-state index contributed by atoms with van der Waals surface area (Å²) in [7, 11) is 0. The van der Waals surface area contributed by atoms with Gasteiger partial charge in [0.1, 0.15) is 6.54 Å². The van der Waals surface area contributed by atoms with Gasteiger partial charge in [-0.05, 0) is 38.5 Å². The third kappa shape index (κ3) is 3.84. The number of hydrogen-bond acceptors (Lipinski definition) is 2. The van der Waals surface area contributed by atoms with Crippen molar-refractivity contribution in [2.45, 2.75) is 33.0 Å². The van der Waals surface area contributed by atoms with Crippen molar-refractivity contribution in [3.8, 4) is 0 Å². The lowest BCUT2D eigenvalue weighted by Gasteiger charge is -2.31. The zero-order valence-corrected chi connectivity index (χ0v) is 10.2. The van der Waals surface area contributed by atoms with E-state index >= 15 is 0 Å². The molecule has 0 atom stereocenters. The summed E-state index contributed by atoms with van der Waals surface area (Å²) in [4.78, 5) is 1.27. The monoisotopic (exact) mass is 246 g/mol. The zero-order valence-electron chi connectivity index (χ0n) is 10.2. The van der Waals surface area contributed by atoms with E-state index in [9.17, 15) is 13.2 Å². The summed E-state index contributed by atoms with van der Waals surface area (Å²) in [6.07, 6.45) is -4.24. The molecule has 1 aromatic carbocycles. The molecule has 0 saturated heterocycles. The van der Waals surface area contributed by atoms with E-state index in [0.717, 1.165) is 5.56 Å². The minimum Gasteiger partial charge on any atom is -0.397 e. The highest BCUT2D eigenvalue weighted by Crippen LogP contribution is 2.29. The highest BCUT2D eigenvalue weighted by molar-refractivity contribution is 5.69. The summed E-state index contributed by atoms with van der Waals surface area (Å²) in [6.45, 7) is 4.27. The van der Waals surface area contributed by atoms with E-state index in [1.165, 1.54) is 4.90 Å². The maximum Gasteiger partial charge on any atom is 0.405 e. The fourth-order valence-electron chi connectivity index (χ4n) is 1.64. The lowest BCUT2D eigenvalue weighted by molar-refractivity contribution is -0.120. The van der Waals surface area contributed by atoms with Crippen LogP contribution in [0, 0.1) is 6.92 Å². The average molecular weight is 246 g/mol. The number of benzene rings is 1. The number of hydrogen-bond donors (Lipinski definition) is 1. The van der Waals surface area contributed by atoms with Gasteiger partial charge in [-0.25, -0.2) is 0 Å². The van der Waals surface area contributed by atoms with Gasteiger partial charge in [0, 0.05) is 6.04 Å². The molecule has 0 saturated carbocycles. The molecule has 1 aromatic rings. The maximum atomic E-state index is 12.5. The normalized spacial score (nSPS) is 11.9. The van der Waals surface area contributed by atoms with Gasteiger partial charge < -0.3 is 10.6 Å². The minimum atomic E-state index is -4.24. The molecule has 5 heteroatoms. The van der Waals surface area contributed by atoms with Crippen LogP contribution in [0.5, 0.6) is 0 Å². The second-order valence-corrected chi connectivity index (χ2v) is 4.40. The Balaban J connectivity index is 3.10. The van der Waals surface area contributed by atoms with Crippen molar-refractivity contribution in [2.24, 2.45) is 0 Å². The van der Waals surface area contributed by atoms with Crippen molar-refractivity contribution in [1.29, 1.82) is 0 Å². The summed E-state index contributed by atoms with van der Waals surface area (Å²) in [5.74, 6) is 0. The molecule has 0 aliphatic heterocycles. The van der Waals surface area contributed by atoms with Gasteiger partial charge in [0.25, 0.3) is 0 Å². The van der Waals surface area contributed by atoms with Crippen LogP contribution >= 0.6 is 0 Å². The Morgan fingerprint density at radius 1 is 1.29 bits per heavy atom. The Bertz CT molecular complexity index is 386. The molecule has 1 rings (SSSR count). The number of anilines is 2. The largest absolute Gasteiger partial charge is 0.405 e. The lowest BCUT2D eigenvalue weighted by Crippen LogP contribution is -2.39. The predicted molar refractivity (Wildman–Crippen MR) is 64.1 cm³/mol. The molecule has 96 valence electrons. The molecule has 0 heterocycles. The van der Waals surface area contributed by atoms with E-state index in [2.05, 4.69) is 0 Å². The topological polar surface area (TPSA) is 29.3 Å². The molecule has 0 fully saturated rings. The summed E-state index contributed by atoms with van der Waals surface area (Å²) in [6, 6.07) is 4.84. The van der Waals surface area contributed by atoms with Crippen molar-refractivity contribution in [2.75, 3.05) is 17.2 Å². The van der Waals surface area contributed by atoms with Crippen LogP contribution in [0.1, 0.15) is 19.4 Å². The summed E-state index contributed by atoms with van der Waals surface area (Å²) < 4.78 is 37.5. The van der Waals surface area contributed by atoms with Gasteiger partial charge >= 0.3 is 6.18 Å². The molecular formula is C12H17F3N2. The fraction of sp³-hybridized carbons (Fsp3) is 0.500. The van der Waals surface area contributed by atoms with Crippen molar-refractivity contribution in [3.63, 3.8) is 0 Å². The third-order valence-electron chi connectivity index (χ3n) is 2.47. The Labute approximate surface area is 99.2 Å². The first-order chi connectivity index (χ1) is 7.70. The quantitative estimate of drug-likeness (QED) is 0.829. The molecule has 0 unspecified atom stereocenters. The van der Waals surface area contributed by atoms with Crippen LogP contribution in [0.15, 0.2) is 18.2 Å². The molecule has 2 N–H and O–H groups in total. The van der Waals surface area contributed by atoms with Crippen LogP contribution < -0.4 is 10.6 Å². The zero-order chi connectivity index (χ0) is 13.2. The van der Waals surface area contributed by atoms with E-state index in [4.69, 9.17) is 5.73 Å². The van der Waals surface area contributed by atoms with Crippen molar-refractivity contribution in [1.82, 2.24) is 0 Å². The minimum absolute atomic E-state index is 0.263. The first kappa shape index (κ1) is 13.7. The fourth-order valence-corrected chi connectivity index (χ4v) is 1.64. The molecule has 0 amide bonds. The van der Waals surface area contributed by atoms with E-state index in [-0.39, 0.29) is 6.04 Å². The van der Waals surface area contributed by atoms with Gasteiger partial charge in [-0.2, -0.15) is 13.2 Å².